The second-order valence-corrected chi connectivity index (χ2v) is 5.20. The minimum Gasteiger partial charge on any atom is -0.382 e. The van der Waals surface area contributed by atoms with E-state index in [0.717, 1.165) is 11.3 Å². The summed E-state index contributed by atoms with van der Waals surface area (Å²) in [6.07, 6.45) is 3.42. The van der Waals surface area contributed by atoms with Gasteiger partial charge in [-0.2, -0.15) is 5.10 Å². The fourth-order valence-corrected chi connectivity index (χ4v) is 1.79. The van der Waals surface area contributed by atoms with E-state index < -0.39 is 0 Å². The van der Waals surface area contributed by atoms with Crippen molar-refractivity contribution in [3.05, 3.63) is 18.2 Å². The summed E-state index contributed by atoms with van der Waals surface area (Å²) in [7, 11) is 1.88. The molecule has 0 bridgehead atoms. The van der Waals surface area contributed by atoms with Crippen LogP contribution < -0.4 is 11.6 Å². The Kier molecular flexibility index (Phi) is 2.38. The Morgan fingerprint density at radius 2 is 1.94 bits per heavy atom. The van der Waals surface area contributed by atoms with Crippen LogP contribution in [-0.2, 0) is 12.5 Å². The highest BCUT2D eigenvalue weighted by Gasteiger charge is 2.25. The van der Waals surface area contributed by atoms with E-state index in [0.29, 0.717) is 11.5 Å². The number of nitrogen functional groups attached to an aromatic ring is 2. The first kappa shape index (κ1) is 11.5. The highest BCUT2D eigenvalue weighted by molar-refractivity contribution is 5.72. The monoisotopic (exact) mass is 234 g/mol. The van der Waals surface area contributed by atoms with Crippen LogP contribution in [0.2, 0.25) is 0 Å². The Hall–Kier alpha value is -1.98. The topological polar surface area (TPSA) is 87.7 Å². The van der Waals surface area contributed by atoms with Crippen molar-refractivity contribution in [3.63, 3.8) is 0 Å². The second kappa shape index (κ2) is 3.51. The van der Waals surface area contributed by atoms with Gasteiger partial charge in [0.2, 0.25) is 0 Å². The molecule has 17 heavy (non-hydrogen) atoms. The summed E-state index contributed by atoms with van der Waals surface area (Å²) in [4.78, 5) is 4.23. The van der Waals surface area contributed by atoms with E-state index in [1.807, 2.05) is 13.2 Å². The molecule has 6 nitrogen and oxygen atoms in total. The Bertz CT molecular complexity index is 543. The number of hydrogen-bond acceptors (Lipinski definition) is 4. The molecule has 0 saturated heterocycles. The molecule has 2 rings (SSSR count). The number of imidazole rings is 1. The van der Waals surface area contributed by atoms with E-state index in [1.165, 1.54) is 11.0 Å². The number of nitrogens with zero attached hydrogens (tertiary/aromatic N) is 4. The van der Waals surface area contributed by atoms with Gasteiger partial charge in [-0.1, -0.05) is 20.8 Å². The molecule has 0 fully saturated rings. The van der Waals surface area contributed by atoms with E-state index in [1.54, 1.807) is 4.68 Å². The molecule has 2 heterocycles. The Morgan fingerprint density at radius 3 is 2.41 bits per heavy atom. The number of aromatic nitrogens is 4. The van der Waals surface area contributed by atoms with E-state index in [9.17, 15) is 0 Å². The first-order valence-corrected chi connectivity index (χ1v) is 5.43. The lowest BCUT2D eigenvalue weighted by molar-refractivity contribution is 0.554. The third-order valence-corrected chi connectivity index (χ3v) is 2.63. The molecule has 0 radical (unpaired) electrons. The van der Waals surface area contributed by atoms with Gasteiger partial charge in [0.1, 0.15) is 12.0 Å². The zero-order chi connectivity index (χ0) is 12.8. The quantitative estimate of drug-likeness (QED) is 0.717. The summed E-state index contributed by atoms with van der Waals surface area (Å²) in [6, 6.07) is 0. The fraction of sp³-hybridized carbons (Fsp3) is 0.455. The third-order valence-electron chi connectivity index (χ3n) is 2.63. The first-order chi connectivity index (χ1) is 7.80. The Morgan fingerprint density at radius 1 is 1.29 bits per heavy atom. The number of nitrogens with two attached hydrogens (primary N) is 2. The molecule has 0 aromatic carbocycles. The molecule has 2 aromatic rings. The van der Waals surface area contributed by atoms with Crippen LogP contribution in [0.25, 0.3) is 11.3 Å². The Balaban J connectivity index is 2.64. The highest BCUT2D eigenvalue weighted by Crippen LogP contribution is 2.33. The molecule has 0 spiro atoms. The van der Waals surface area contributed by atoms with Crippen LogP contribution in [0, 0.1) is 0 Å². The molecule has 0 aliphatic heterocycles. The van der Waals surface area contributed by atoms with Crippen molar-refractivity contribution in [2.45, 2.75) is 26.2 Å². The first-order valence-electron chi connectivity index (χ1n) is 5.43. The molecule has 0 aliphatic carbocycles. The molecule has 0 saturated carbocycles. The van der Waals surface area contributed by atoms with Gasteiger partial charge in [-0.05, 0) is 0 Å². The van der Waals surface area contributed by atoms with Gasteiger partial charge < -0.3 is 11.6 Å². The fourth-order valence-electron chi connectivity index (χ4n) is 1.79. The van der Waals surface area contributed by atoms with E-state index in [4.69, 9.17) is 11.6 Å². The lowest BCUT2D eigenvalue weighted by atomic mass is 9.89. The number of aryl methyl sites for hydroxylation is 1. The molecule has 0 atom stereocenters. The third kappa shape index (κ3) is 1.86. The Labute approximate surface area is 100 Å². The maximum atomic E-state index is 5.89. The number of rotatable bonds is 1. The minimum absolute atomic E-state index is 0.0680. The zero-order valence-electron chi connectivity index (χ0n) is 10.6. The van der Waals surface area contributed by atoms with Crippen LogP contribution in [0.4, 0.5) is 5.82 Å². The van der Waals surface area contributed by atoms with Gasteiger partial charge >= 0.3 is 0 Å². The smallest absolute Gasteiger partial charge is 0.150 e. The van der Waals surface area contributed by atoms with Crippen molar-refractivity contribution in [2.75, 3.05) is 11.6 Å². The van der Waals surface area contributed by atoms with Crippen LogP contribution >= 0.6 is 0 Å². The summed E-state index contributed by atoms with van der Waals surface area (Å²) < 4.78 is 3.08. The van der Waals surface area contributed by atoms with Crippen LogP contribution in [0.3, 0.4) is 0 Å². The molecule has 6 heteroatoms. The van der Waals surface area contributed by atoms with E-state index >= 15 is 0 Å². The lowest BCUT2D eigenvalue weighted by Gasteiger charge is -2.16. The lowest BCUT2D eigenvalue weighted by Crippen LogP contribution is -2.14. The normalized spacial score (nSPS) is 12.0. The molecular formula is C11H18N6. The summed E-state index contributed by atoms with van der Waals surface area (Å²) in [5.41, 5.74) is 8.41. The molecule has 0 aliphatic rings. The average Bonchev–Trinajstić information content (AvgIpc) is 2.72. The zero-order valence-corrected chi connectivity index (χ0v) is 10.6. The van der Waals surface area contributed by atoms with E-state index in [-0.39, 0.29) is 5.41 Å². The average molecular weight is 234 g/mol. The van der Waals surface area contributed by atoms with Gasteiger partial charge in [-0.3, -0.25) is 4.68 Å². The molecule has 0 unspecified atom stereocenters. The maximum absolute atomic E-state index is 5.89. The molecule has 0 amide bonds. The maximum Gasteiger partial charge on any atom is 0.150 e. The predicted molar refractivity (Wildman–Crippen MR) is 67.7 cm³/mol. The van der Waals surface area contributed by atoms with Crippen LogP contribution in [0.1, 0.15) is 26.5 Å². The van der Waals surface area contributed by atoms with Gasteiger partial charge in [-0.25, -0.2) is 9.66 Å². The van der Waals surface area contributed by atoms with Crippen molar-refractivity contribution in [1.82, 2.24) is 19.4 Å². The highest BCUT2D eigenvalue weighted by atomic mass is 15.3. The van der Waals surface area contributed by atoms with E-state index in [2.05, 4.69) is 30.9 Å². The summed E-state index contributed by atoms with van der Waals surface area (Å²) >= 11 is 0. The second-order valence-electron chi connectivity index (χ2n) is 5.20. The SMILES string of the molecule is Cn1cc(-c2ncn(N)c2N)c(C(C)(C)C)n1. The van der Waals surface area contributed by atoms with Crippen molar-refractivity contribution >= 4 is 5.82 Å². The molecular weight excluding hydrogens is 216 g/mol. The van der Waals surface area contributed by atoms with Crippen molar-refractivity contribution < 1.29 is 0 Å². The summed E-state index contributed by atoms with van der Waals surface area (Å²) in [6.45, 7) is 6.32. The summed E-state index contributed by atoms with van der Waals surface area (Å²) in [5, 5.41) is 4.48. The van der Waals surface area contributed by atoms with Crippen molar-refractivity contribution in [1.29, 1.82) is 0 Å². The number of hydrogen-bond donors (Lipinski definition) is 2. The molecule has 4 N–H and O–H groups in total. The van der Waals surface area contributed by atoms with Gasteiger partial charge in [-0.15, -0.1) is 0 Å². The minimum atomic E-state index is -0.0680. The largest absolute Gasteiger partial charge is 0.382 e. The summed E-state index contributed by atoms with van der Waals surface area (Å²) in [5.74, 6) is 6.09. The van der Waals surface area contributed by atoms with Gasteiger partial charge in [0.05, 0.1) is 5.69 Å². The standard InChI is InChI=1S/C11H18N6/c1-11(2,3)9-7(5-16(4)15-9)8-10(12)17(13)6-14-8/h5-6H,12-13H2,1-4H3. The van der Waals surface area contributed by atoms with Gasteiger partial charge in [0.25, 0.3) is 0 Å². The van der Waals surface area contributed by atoms with Crippen LogP contribution in [0.15, 0.2) is 12.5 Å². The van der Waals surface area contributed by atoms with Crippen LogP contribution in [-0.4, -0.2) is 19.4 Å². The van der Waals surface area contributed by atoms with Crippen molar-refractivity contribution in [3.8, 4) is 11.3 Å². The number of anilines is 1. The van der Waals surface area contributed by atoms with Crippen LogP contribution in [0.5, 0.6) is 0 Å². The van der Waals surface area contributed by atoms with Gasteiger partial charge in [0.15, 0.2) is 5.82 Å². The molecule has 2 aromatic heterocycles. The van der Waals surface area contributed by atoms with Crippen molar-refractivity contribution in [2.24, 2.45) is 7.05 Å². The van der Waals surface area contributed by atoms with Gasteiger partial charge in [0, 0.05) is 24.2 Å². The molecule has 92 valence electrons. The predicted octanol–water partition coefficient (Wildman–Crippen LogP) is 0.877.